The van der Waals surface area contributed by atoms with Crippen molar-refractivity contribution in [1.82, 2.24) is 19.9 Å². The highest BCUT2D eigenvalue weighted by atomic mass is 35.5. The molecule has 0 aliphatic carbocycles. The molecular weight excluding hydrogens is 238 g/mol. The third kappa shape index (κ3) is 2.68. The van der Waals surface area contributed by atoms with E-state index in [2.05, 4.69) is 19.9 Å². The van der Waals surface area contributed by atoms with Crippen LogP contribution in [0.25, 0.3) is 11.4 Å². The Bertz CT molecular complexity index is 541. The molecule has 6 heteroatoms. The Kier molecular flexibility index (Phi) is 3.19. The molecule has 0 atom stereocenters. The van der Waals surface area contributed by atoms with E-state index in [1.807, 2.05) is 27.1 Å². The number of hydrogen-bond acceptors (Lipinski definition) is 5. The fourth-order valence-corrected chi connectivity index (χ4v) is 1.50. The summed E-state index contributed by atoms with van der Waals surface area (Å²) in [5.74, 6) is 1.06. The molecule has 17 heavy (non-hydrogen) atoms. The minimum Gasteiger partial charge on any atom is -0.347 e. The molecule has 2 aromatic heterocycles. The van der Waals surface area contributed by atoms with Gasteiger partial charge in [-0.2, -0.15) is 15.0 Å². The molecular formula is C11H12ClN5. The van der Waals surface area contributed by atoms with Crippen molar-refractivity contribution in [3.63, 3.8) is 0 Å². The fraction of sp³-hybridized carbons (Fsp3) is 0.273. The predicted molar refractivity (Wildman–Crippen MR) is 67.1 cm³/mol. The molecule has 0 amide bonds. The van der Waals surface area contributed by atoms with E-state index < -0.39 is 0 Å². The van der Waals surface area contributed by atoms with Gasteiger partial charge in [0, 0.05) is 32.1 Å². The van der Waals surface area contributed by atoms with E-state index in [1.165, 1.54) is 0 Å². The highest BCUT2D eigenvalue weighted by Crippen LogP contribution is 2.18. The number of nitrogens with zero attached hydrogens (tertiary/aromatic N) is 5. The van der Waals surface area contributed by atoms with Gasteiger partial charge in [-0.05, 0) is 30.2 Å². The molecule has 0 saturated heterocycles. The number of anilines is 1. The van der Waals surface area contributed by atoms with E-state index in [1.54, 1.807) is 17.3 Å². The lowest BCUT2D eigenvalue weighted by Crippen LogP contribution is -2.14. The van der Waals surface area contributed by atoms with Crippen molar-refractivity contribution in [2.24, 2.45) is 0 Å². The molecule has 2 heterocycles. The van der Waals surface area contributed by atoms with Gasteiger partial charge in [-0.1, -0.05) is 0 Å². The van der Waals surface area contributed by atoms with Gasteiger partial charge in [-0.25, -0.2) is 0 Å². The van der Waals surface area contributed by atoms with Crippen LogP contribution in [0, 0.1) is 6.92 Å². The molecule has 0 saturated carbocycles. The molecule has 0 aliphatic rings. The third-order valence-electron chi connectivity index (χ3n) is 2.13. The lowest BCUT2D eigenvalue weighted by molar-refractivity contribution is 0.960. The van der Waals surface area contributed by atoms with E-state index in [0.29, 0.717) is 11.8 Å². The second-order valence-corrected chi connectivity index (χ2v) is 4.21. The van der Waals surface area contributed by atoms with Gasteiger partial charge in [-0.15, -0.1) is 0 Å². The zero-order chi connectivity index (χ0) is 12.4. The monoisotopic (exact) mass is 249 g/mol. The van der Waals surface area contributed by atoms with Crippen LogP contribution in [0.3, 0.4) is 0 Å². The zero-order valence-corrected chi connectivity index (χ0v) is 10.6. The number of rotatable bonds is 2. The summed E-state index contributed by atoms with van der Waals surface area (Å²) < 4.78 is 0. The standard InChI is InChI=1S/C11H12ClN5/c1-7-4-8(6-13-5-7)9-14-10(12)16-11(15-9)17(2)3/h4-6H,1-3H3. The van der Waals surface area contributed by atoms with Gasteiger partial charge in [0.05, 0.1) is 0 Å². The maximum Gasteiger partial charge on any atom is 0.229 e. The number of halogens is 1. The smallest absolute Gasteiger partial charge is 0.229 e. The first-order chi connectivity index (χ1) is 8.06. The molecule has 5 nitrogen and oxygen atoms in total. The highest BCUT2D eigenvalue weighted by molar-refractivity contribution is 6.28. The predicted octanol–water partition coefficient (Wildman–Crippen LogP) is 1.96. The van der Waals surface area contributed by atoms with Crippen molar-refractivity contribution in [3.8, 4) is 11.4 Å². The second kappa shape index (κ2) is 4.63. The third-order valence-corrected chi connectivity index (χ3v) is 2.30. The lowest BCUT2D eigenvalue weighted by Gasteiger charge is -2.10. The number of aryl methyl sites for hydroxylation is 1. The average Bonchev–Trinajstić information content (AvgIpc) is 2.28. The van der Waals surface area contributed by atoms with Gasteiger partial charge < -0.3 is 4.90 Å². The lowest BCUT2D eigenvalue weighted by atomic mass is 10.2. The zero-order valence-electron chi connectivity index (χ0n) is 9.85. The van der Waals surface area contributed by atoms with Gasteiger partial charge in [0.25, 0.3) is 0 Å². The van der Waals surface area contributed by atoms with E-state index in [9.17, 15) is 0 Å². The largest absolute Gasteiger partial charge is 0.347 e. The molecule has 0 N–H and O–H groups in total. The summed E-state index contributed by atoms with van der Waals surface area (Å²) >= 11 is 5.87. The first-order valence-electron chi connectivity index (χ1n) is 5.07. The van der Waals surface area contributed by atoms with Gasteiger partial charge in [0.2, 0.25) is 11.2 Å². The van der Waals surface area contributed by atoms with Crippen molar-refractivity contribution in [2.75, 3.05) is 19.0 Å². The maximum atomic E-state index is 5.87. The summed E-state index contributed by atoms with van der Waals surface area (Å²) in [5, 5.41) is 0.181. The Morgan fingerprint density at radius 3 is 2.53 bits per heavy atom. The maximum absolute atomic E-state index is 5.87. The molecule has 0 radical (unpaired) electrons. The summed E-state index contributed by atoms with van der Waals surface area (Å²) in [6, 6.07) is 1.96. The van der Waals surface area contributed by atoms with Crippen LogP contribution in [-0.4, -0.2) is 34.0 Å². The van der Waals surface area contributed by atoms with Crippen LogP contribution in [0.2, 0.25) is 5.28 Å². The van der Waals surface area contributed by atoms with Crippen molar-refractivity contribution < 1.29 is 0 Å². The van der Waals surface area contributed by atoms with Crippen LogP contribution in [0.4, 0.5) is 5.95 Å². The Hall–Kier alpha value is -1.75. The van der Waals surface area contributed by atoms with Gasteiger partial charge in [0.1, 0.15) is 0 Å². The van der Waals surface area contributed by atoms with Crippen molar-refractivity contribution >= 4 is 17.5 Å². The Morgan fingerprint density at radius 2 is 1.88 bits per heavy atom. The van der Waals surface area contributed by atoms with E-state index in [4.69, 9.17) is 11.6 Å². The molecule has 2 aromatic rings. The summed E-state index contributed by atoms with van der Waals surface area (Å²) in [5.41, 5.74) is 1.88. The number of aromatic nitrogens is 4. The van der Waals surface area contributed by atoms with E-state index >= 15 is 0 Å². The van der Waals surface area contributed by atoms with Crippen LogP contribution in [0.5, 0.6) is 0 Å². The molecule has 0 aromatic carbocycles. The number of pyridine rings is 1. The summed E-state index contributed by atoms with van der Waals surface area (Å²) in [6.45, 7) is 1.96. The normalized spacial score (nSPS) is 10.4. The minimum absolute atomic E-state index is 0.181. The molecule has 0 unspecified atom stereocenters. The molecule has 0 bridgehead atoms. The SMILES string of the molecule is Cc1cncc(-c2nc(Cl)nc(N(C)C)n2)c1. The Balaban J connectivity index is 2.52. The second-order valence-electron chi connectivity index (χ2n) is 3.87. The molecule has 0 fully saturated rings. The summed E-state index contributed by atoms with van der Waals surface area (Å²) in [7, 11) is 3.70. The van der Waals surface area contributed by atoms with Crippen molar-refractivity contribution in [2.45, 2.75) is 6.92 Å². The van der Waals surface area contributed by atoms with Gasteiger partial charge >= 0.3 is 0 Å². The fourth-order valence-electron chi connectivity index (χ4n) is 1.35. The molecule has 0 aliphatic heterocycles. The van der Waals surface area contributed by atoms with Crippen molar-refractivity contribution in [3.05, 3.63) is 29.3 Å². The highest BCUT2D eigenvalue weighted by Gasteiger charge is 2.08. The summed E-state index contributed by atoms with van der Waals surface area (Å²) in [4.78, 5) is 18.3. The molecule has 2 rings (SSSR count). The van der Waals surface area contributed by atoms with Gasteiger partial charge in [-0.3, -0.25) is 4.98 Å². The van der Waals surface area contributed by atoms with E-state index in [-0.39, 0.29) is 5.28 Å². The van der Waals surface area contributed by atoms with Crippen LogP contribution in [0.1, 0.15) is 5.56 Å². The first kappa shape index (κ1) is 11.7. The van der Waals surface area contributed by atoms with Gasteiger partial charge in [0.15, 0.2) is 5.82 Å². The van der Waals surface area contributed by atoms with Crippen LogP contribution in [0.15, 0.2) is 18.5 Å². The van der Waals surface area contributed by atoms with Crippen LogP contribution < -0.4 is 4.90 Å². The summed E-state index contributed by atoms with van der Waals surface area (Å²) in [6.07, 6.45) is 3.48. The topological polar surface area (TPSA) is 54.8 Å². The van der Waals surface area contributed by atoms with Crippen molar-refractivity contribution in [1.29, 1.82) is 0 Å². The Labute approximate surface area is 105 Å². The minimum atomic E-state index is 0.181. The van der Waals surface area contributed by atoms with Crippen LogP contribution >= 0.6 is 11.6 Å². The average molecular weight is 250 g/mol. The van der Waals surface area contributed by atoms with Crippen LogP contribution in [-0.2, 0) is 0 Å². The van der Waals surface area contributed by atoms with E-state index in [0.717, 1.165) is 11.1 Å². The molecule has 88 valence electrons. The first-order valence-corrected chi connectivity index (χ1v) is 5.45. The molecule has 0 spiro atoms. The Morgan fingerprint density at radius 1 is 1.12 bits per heavy atom. The quantitative estimate of drug-likeness (QED) is 0.814. The number of hydrogen-bond donors (Lipinski definition) is 0.